The number of alkyl halides is 3. The fourth-order valence-corrected chi connectivity index (χ4v) is 2.19. The van der Waals surface area contributed by atoms with Gasteiger partial charge in [0.1, 0.15) is 11.3 Å². The molecule has 1 N–H and O–H groups in total. The number of hydrogen-bond acceptors (Lipinski definition) is 3. The van der Waals surface area contributed by atoms with Crippen LogP contribution in [-0.2, 0) is 6.18 Å². The van der Waals surface area contributed by atoms with Crippen molar-refractivity contribution in [2.45, 2.75) is 6.18 Å². The number of rotatable bonds is 1. The molecule has 0 aliphatic heterocycles. The molecule has 1 aromatic heterocycles. The first-order valence-corrected chi connectivity index (χ1v) is 5.08. The van der Waals surface area contributed by atoms with E-state index in [0.29, 0.717) is 11.3 Å². The van der Waals surface area contributed by atoms with Crippen LogP contribution in [-0.4, -0.2) is 12.0 Å². The third kappa shape index (κ3) is 1.82. The van der Waals surface area contributed by atoms with Crippen LogP contribution in [0.2, 0.25) is 0 Å². The highest BCUT2D eigenvalue weighted by molar-refractivity contribution is 7.18. The van der Waals surface area contributed by atoms with E-state index in [-0.39, 0.29) is 15.9 Å². The molecular formula is C9H6F4N2S. The lowest BCUT2D eigenvalue weighted by molar-refractivity contribution is -0.137. The molecule has 1 heterocycles. The number of nitrogens with one attached hydrogen (secondary N) is 1. The molecule has 86 valence electrons. The Balaban J connectivity index is 2.70. The Kier molecular flexibility index (Phi) is 2.49. The average Bonchev–Trinajstić information content (AvgIpc) is 2.59. The molecule has 0 saturated heterocycles. The van der Waals surface area contributed by atoms with Crippen molar-refractivity contribution >= 4 is 27.2 Å². The lowest BCUT2D eigenvalue weighted by atomic mass is 10.3. The van der Waals surface area contributed by atoms with E-state index in [1.165, 1.54) is 7.05 Å². The van der Waals surface area contributed by atoms with E-state index in [2.05, 4.69) is 10.3 Å². The topological polar surface area (TPSA) is 24.9 Å². The number of nitrogens with zero attached hydrogens (tertiary/aromatic N) is 1. The van der Waals surface area contributed by atoms with Crippen molar-refractivity contribution in [3.05, 3.63) is 23.0 Å². The van der Waals surface area contributed by atoms with Gasteiger partial charge in [-0.1, -0.05) is 0 Å². The third-order valence-corrected chi connectivity index (χ3v) is 3.02. The molecule has 0 unspecified atom stereocenters. The van der Waals surface area contributed by atoms with Gasteiger partial charge in [-0.25, -0.2) is 9.37 Å². The molecule has 0 radical (unpaired) electrons. The van der Waals surface area contributed by atoms with Crippen LogP contribution in [0.25, 0.3) is 10.2 Å². The number of halogens is 4. The van der Waals surface area contributed by atoms with Crippen molar-refractivity contribution in [1.29, 1.82) is 0 Å². The molecule has 2 rings (SSSR count). The fourth-order valence-electron chi connectivity index (χ4n) is 1.31. The third-order valence-electron chi connectivity index (χ3n) is 1.97. The average molecular weight is 250 g/mol. The molecule has 0 aliphatic carbocycles. The second-order valence-electron chi connectivity index (χ2n) is 3.07. The summed E-state index contributed by atoms with van der Waals surface area (Å²) in [5.41, 5.74) is 0.392. The summed E-state index contributed by atoms with van der Waals surface area (Å²) >= 11 is 0.432. The number of benzene rings is 1. The second-order valence-corrected chi connectivity index (χ2v) is 4.10. The normalized spacial score (nSPS) is 12.1. The first kappa shape index (κ1) is 11.1. The molecule has 0 bridgehead atoms. The Morgan fingerprint density at radius 2 is 2.00 bits per heavy atom. The predicted octanol–water partition coefficient (Wildman–Crippen LogP) is 3.50. The maximum Gasteiger partial charge on any atom is 0.443 e. The molecule has 0 saturated carbocycles. The van der Waals surface area contributed by atoms with Crippen molar-refractivity contribution in [3.63, 3.8) is 0 Å². The number of anilines is 1. The Labute approximate surface area is 91.9 Å². The summed E-state index contributed by atoms with van der Waals surface area (Å²) in [6.07, 6.45) is -4.49. The Morgan fingerprint density at radius 3 is 2.56 bits per heavy atom. The molecule has 0 aliphatic rings. The van der Waals surface area contributed by atoms with E-state index < -0.39 is 17.0 Å². The second kappa shape index (κ2) is 3.58. The van der Waals surface area contributed by atoms with Crippen molar-refractivity contribution in [2.24, 2.45) is 0 Å². The quantitative estimate of drug-likeness (QED) is 0.783. The SMILES string of the molecule is CNc1cc(F)cc2sc(C(F)(F)F)nc12. The first-order chi connectivity index (χ1) is 7.41. The summed E-state index contributed by atoms with van der Waals surface area (Å²) in [7, 11) is 1.50. The minimum atomic E-state index is -4.49. The van der Waals surface area contributed by atoms with Crippen LogP contribution < -0.4 is 5.32 Å². The van der Waals surface area contributed by atoms with Crippen molar-refractivity contribution in [1.82, 2.24) is 4.98 Å². The standard InChI is InChI=1S/C9H6F4N2S/c1-14-5-2-4(10)3-6-7(5)15-8(16-6)9(11,12)13/h2-3,14H,1H3. The van der Waals surface area contributed by atoms with Crippen LogP contribution in [0, 0.1) is 5.82 Å². The van der Waals surface area contributed by atoms with Gasteiger partial charge in [0.25, 0.3) is 0 Å². The van der Waals surface area contributed by atoms with Gasteiger partial charge in [0.05, 0.1) is 10.4 Å². The van der Waals surface area contributed by atoms with E-state index in [1.807, 2.05) is 0 Å². The van der Waals surface area contributed by atoms with Gasteiger partial charge in [0.15, 0.2) is 5.01 Å². The predicted molar refractivity (Wildman–Crippen MR) is 54.1 cm³/mol. The summed E-state index contributed by atoms with van der Waals surface area (Å²) in [5.74, 6) is -0.589. The van der Waals surface area contributed by atoms with Crippen LogP contribution >= 0.6 is 11.3 Å². The van der Waals surface area contributed by atoms with Gasteiger partial charge in [0.2, 0.25) is 0 Å². The highest BCUT2D eigenvalue weighted by atomic mass is 32.1. The van der Waals surface area contributed by atoms with Gasteiger partial charge in [-0.05, 0) is 12.1 Å². The molecule has 2 nitrogen and oxygen atoms in total. The smallest absolute Gasteiger partial charge is 0.386 e. The molecule has 1 aromatic carbocycles. The van der Waals surface area contributed by atoms with Crippen LogP contribution in [0.1, 0.15) is 5.01 Å². The van der Waals surface area contributed by atoms with E-state index >= 15 is 0 Å². The van der Waals surface area contributed by atoms with E-state index in [0.717, 1.165) is 12.1 Å². The van der Waals surface area contributed by atoms with Gasteiger partial charge in [0, 0.05) is 7.05 Å². The minimum Gasteiger partial charge on any atom is -0.386 e. The molecule has 7 heteroatoms. The highest BCUT2D eigenvalue weighted by Crippen LogP contribution is 2.37. The van der Waals surface area contributed by atoms with E-state index in [1.54, 1.807) is 0 Å². The van der Waals surface area contributed by atoms with Crippen LogP contribution in [0.4, 0.5) is 23.2 Å². The van der Waals surface area contributed by atoms with Crippen LogP contribution in [0.5, 0.6) is 0 Å². The van der Waals surface area contributed by atoms with Crippen LogP contribution in [0.3, 0.4) is 0 Å². The van der Waals surface area contributed by atoms with E-state index in [4.69, 9.17) is 0 Å². The zero-order chi connectivity index (χ0) is 11.9. The Bertz CT molecular complexity index is 532. The zero-order valence-electron chi connectivity index (χ0n) is 8.02. The minimum absolute atomic E-state index is 0.140. The van der Waals surface area contributed by atoms with E-state index in [9.17, 15) is 17.6 Å². The van der Waals surface area contributed by atoms with Crippen molar-refractivity contribution in [2.75, 3.05) is 12.4 Å². The molecule has 0 amide bonds. The number of thiazole rings is 1. The monoisotopic (exact) mass is 250 g/mol. The maximum atomic E-state index is 13.0. The summed E-state index contributed by atoms with van der Waals surface area (Å²) in [4.78, 5) is 3.46. The van der Waals surface area contributed by atoms with Gasteiger partial charge in [-0.15, -0.1) is 11.3 Å². The molecular weight excluding hydrogens is 244 g/mol. The molecule has 0 fully saturated rings. The summed E-state index contributed by atoms with van der Waals surface area (Å²) < 4.78 is 50.4. The highest BCUT2D eigenvalue weighted by Gasteiger charge is 2.35. The summed E-state index contributed by atoms with van der Waals surface area (Å²) in [5, 5.41) is 1.64. The van der Waals surface area contributed by atoms with Gasteiger partial charge in [-0.3, -0.25) is 0 Å². The Morgan fingerprint density at radius 1 is 1.31 bits per heavy atom. The number of aromatic nitrogens is 1. The van der Waals surface area contributed by atoms with Gasteiger partial charge < -0.3 is 5.32 Å². The number of hydrogen-bond donors (Lipinski definition) is 1. The van der Waals surface area contributed by atoms with Gasteiger partial charge >= 0.3 is 6.18 Å². The lowest BCUT2D eigenvalue weighted by Crippen LogP contribution is -2.03. The largest absolute Gasteiger partial charge is 0.443 e. The van der Waals surface area contributed by atoms with Crippen molar-refractivity contribution < 1.29 is 17.6 Å². The summed E-state index contributed by atoms with van der Waals surface area (Å²) in [6.45, 7) is 0. The summed E-state index contributed by atoms with van der Waals surface area (Å²) in [6, 6.07) is 2.16. The molecule has 2 aromatic rings. The Hall–Kier alpha value is -1.37. The molecule has 0 spiro atoms. The van der Waals surface area contributed by atoms with Crippen molar-refractivity contribution in [3.8, 4) is 0 Å². The van der Waals surface area contributed by atoms with Gasteiger partial charge in [-0.2, -0.15) is 13.2 Å². The van der Waals surface area contributed by atoms with Crippen LogP contribution in [0.15, 0.2) is 12.1 Å². The maximum absolute atomic E-state index is 13.0. The zero-order valence-corrected chi connectivity index (χ0v) is 8.84. The fraction of sp³-hybridized carbons (Fsp3) is 0.222. The molecule has 0 atom stereocenters. The number of fused-ring (bicyclic) bond motifs is 1. The first-order valence-electron chi connectivity index (χ1n) is 4.27. The lowest BCUT2D eigenvalue weighted by Gasteiger charge is -2.00. The molecule has 16 heavy (non-hydrogen) atoms.